The molecule has 18 heavy (non-hydrogen) atoms. The van der Waals surface area contributed by atoms with Crippen molar-refractivity contribution in [1.82, 2.24) is 0 Å². The fourth-order valence-electron chi connectivity index (χ4n) is 1.42. The van der Waals surface area contributed by atoms with Crippen molar-refractivity contribution >= 4 is 22.7 Å². The van der Waals surface area contributed by atoms with Crippen molar-refractivity contribution in [3.63, 3.8) is 0 Å². The second-order valence-electron chi connectivity index (χ2n) is 3.44. The molecule has 1 aromatic carbocycles. The van der Waals surface area contributed by atoms with E-state index < -0.39 is 27.1 Å². The molecule has 0 aromatic heterocycles. The van der Waals surface area contributed by atoms with Crippen molar-refractivity contribution in [1.29, 1.82) is 0 Å². The molecular formula is C11H9FN2O3S. The van der Waals surface area contributed by atoms with Gasteiger partial charge in [-0.05, 0) is 30.3 Å². The van der Waals surface area contributed by atoms with Gasteiger partial charge < -0.3 is 5.32 Å². The summed E-state index contributed by atoms with van der Waals surface area (Å²) in [4.78, 5) is 22.7. The highest BCUT2D eigenvalue weighted by molar-refractivity contribution is 8.18. The van der Waals surface area contributed by atoms with Crippen LogP contribution in [0.25, 0.3) is 0 Å². The van der Waals surface area contributed by atoms with Crippen molar-refractivity contribution < 1.29 is 13.5 Å². The van der Waals surface area contributed by atoms with E-state index in [0.717, 1.165) is 0 Å². The van der Waals surface area contributed by atoms with E-state index in [1.807, 2.05) is 0 Å². The third kappa shape index (κ3) is 2.57. The zero-order valence-electron chi connectivity index (χ0n) is 9.04. The first-order valence-electron chi connectivity index (χ1n) is 4.97. The molecule has 1 aliphatic heterocycles. The maximum absolute atomic E-state index is 12.7. The SMILES string of the molecule is O=C(Nc1ccc(F)cc1)C1=CC=C[SH]1[N+](=O)[O-]. The minimum absolute atomic E-state index is 0.124. The Morgan fingerprint density at radius 1 is 1.33 bits per heavy atom. The summed E-state index contributed by atoms with van der Waals surface area (Å²) < 4.78 is 12.2. The Hall–Kier alpha value is -2.15. The van der Waals surface area contributed by atoms with Crippen molar-refractivity contribution in [2.24, 2.45) is 0 Å². The molecule has 1 heterocycles. The monoisotopic (exact) mass is 268 g/mol. The minimum Gasteiger partial charge on any atom is -0.321 e. The van der Waals surface area contributed by atoms with E-state index >= 15 is 0 Å². The first kappa shape index (κ1) is 12.3. The number of rotatable bonds is 3. The van der Waals surface area contributed by atoms with Crippen LogP contribution in [0.3, 0.4) is 0 Å². The number of nitro groups is 1. The van der Waals surface area contributed by atoms with Crippen LogP contribution in [0.2, 0.25) is 0 Å². The molecular weight excluding hydrogens is 259 g/mol. The molecule has 1 unspecified atom stereocenters. The Morgan fingerprint density at radius 2 is 2.00 bits per heavy atom. The molecule has 0 saturated heterocycles. The summed E-state index contributed by atoms with van der Waals surface area (Å²) in [5.74, 6) is -0.947. The minimum atomic E-state index is -1.79. The van der Waals surface area contributed by atoms with Crippen molar-refractivity contribution in [3.8, 4) is 0 Å². The molecule has 94 valence electrons. The number of halogens is 1. The standard InChI is InChI=1S/C11H9FN2O3S/c12-8-3-5-9(6-4-8)13-11(15)10-2-1-7-18(10)14(16)17/h1-7,18H,(H,13,15). The second kappa shape index (κ2) is 5.01. The molecule has 2 rings (SSSR count). The predicted molar refractivity (Wildman–Crippen MR) is 68.2 cm³/mol. The average Bonchev–Trinajstić information content (AvgIpc) is 2.81. The van der Waals surface area contributed by atoms with Gasteiger partial charge in [0.1, 0.15) is 10.7 Å². The molecule has 0 bridgehead atoms. The van der Waals surface area contributed by atoms with Gasteiger partial charge in [0.05, 0.1) is 15.4 Å². The van der Waals surface area contributed by atoms with E-state index in [4.69, 9.17) is 0 Å². The molecule has 1 aliphatic rings. The Balaban J connectivity index is 2.09. The van der Waals surface area contributed by atoms with Crippen LogP contribution >= 0.6 is 11.1 Å². The lowest BCUT2D eigenvalue weighted by atomic mass is 10.3. The van der Waals surface area contributed by atoms with Crippen LogP contribution in [0, 0.1) is 15.9 Å². The first-order valence-corrected chi connectivity index (χ1v) is 6.33. The van der Waals surface area contributed by atoms with Gasteiger partial charge in [0.2, 0.25) is 0 Å². The average molecular weight is 268 g/mol. The summed E-state index contributed by atoms with van der Waals surface area (Å²) >= 11 is -1.79. The quantitative estimate of drug-likeness (QED) is 0.502. The maximum atomic E-state index is 12.7. The van der Waals surface area contributed by atoms with Crippen molar-refractivity contribution in [2.45, 2.75) is 0 Å². The molecule has 1 N–H and O–H groups in total. The second-order valence-corrected chi connectivity index (χ2v) is 5.23. The number of carbonyl (C=O) groups excluding carboxylic acids is 1. The zero-order chi connectivity index (χ0) is 13.1. The van der Waals surface area contributed by atoms with Crippen LogP contribution in [-0.4, -0.2) is 10.2 Å². The van der Waals surface area contributed by atoms with Crippen LogP contribution in [0.15, 0.2) is 46.7 Å². The highest BCUT2D eigenvalue weighted by Gasteiger charge is 2.26. The van der Waals surface area contributed by atoms with Gasteiger partial charge in [-0.2, -0.15) is 0 Å². The van der Waals surface area contributed by atoms with Crippen LogP contribution in [-0.2, 0) is 4.79 Å². The fraction of sp³-hybridized carbons (Fsp3) is 0. The summed E-state index contributed by atoms with van der Waals surface area (Å²) in [6.07, 6.45) is 2.92. The number of nitrogens with one attached hydrogen (secondary N) is 1. The smallest absolute Gasteiger partial charge is 0.266 e. The summed E-state index contributed by atoms with van der Waals surface area (Å²) in [6, 6.07) is 5.19. The summed E-state index contributed by atoms with van der Waals surface area (Å²) in [5, 5.41) is 14.6. The number of amides is 1. The Kier molecular flexibility index (Phi) is 3.42. The molecule has 0 aliphatic carbocycles. The number of thiol groups is 1. The molecule has 0 spiro atoms. The highest BCUT2D eigenvalue weighted by atomic mass is 32.2. The van der Waals surface area contributed by atoms with Gasteiger partial charge in [-0.3, -0.25) is 14.9 Å². The van der Waals surface area contributed by atoms with Crippen molar-refractivity contribution in [3.05, 3.63) is 62.7 Å². The van der Waals surface area contributed by atoms with Crippen LogP contribution in [0.4, 0.5) is 10.1 Å². The molecule has 0 radical (unpaired) electrons. The number of hydrogen-bond donors (Lipinski definition) is 2. The van der Waals surface area contributed by atoms with Gasteiger partial charge in [-0.15, -0.1) is 0 Å². The Labute approximate surface area is 105 Å². The summed E-state index contributed by atoms with van der Waals surface area (Å²) in [5.41, 5.74) is 0.396. The largest absolute Gasteiger partial charge is 0.321 e. The van der Waals surface area contributed by atoms with Gasteiger partial charge in [-0.1, -0.05) is 6.08 Å². The van der Waals surface area contributed by atoms with Gasteiger partial charge in [-0.25, -0.2) is 4.39 Å². The van der Waals surface area contributed by atoms with Gasteiger partial charge in [0.15, 0.2) is 0 Å². The van der Waals surface area contributed by atoms with Gasteiger partial charge >= 0.3 is 0 Å². The van der Waals surface area contributed by atoms with Gasteiger partial charge in [0, 0.05) is 11.1 Å². The number of benzene rings is 1. The summed E-state index contributed by atoms with van der Waals surface area (Å²) in [7, 11) is 0. The zero-order valence-corrected chi connectivity index (χ0v) is 9.93. The topological polar surface area (TPSA) is 72.2 Å². The van der Waals surface area contributed by atoms with E-state index in [9.17, 15) is 19.3 Å². The summed E-state index contributed by atoms with van der Waals surface area (Å²) in [6.45, 7) is 0. The molecule has 1 amide bonds. The Morgan fingerprint density at radius 3 is 2.61 bits per heavy atom. The van der Waals surface area contributed by atoms with E-state index in [2.05, 4.69) is 5.32 Å². The van der Waals surface area contributed by atoms with E-state index in [1.54, 1.807) is 0 Å². The number of carbonyl (C=O) groups is 1. The van der Waals surface area contributed by atoms with E-state index in [1.165, 1.54) is 41.8 Å². The third-order valence-electron chi connectivity index (χ3n) is 2.24. The van der Waals surface area contributed by atoms with Gasteiger partial charge in [0.25, 0.3) is 5.91 Å². The number of nitrogens with zero attached hydrogens (tertiary/aromatic N) is 1. The normalized spacial score (nSPS) is 19.4. The number of hydrogen-bond acceptors (Lipinski definition) is 3. The van der Waals surface area contributed by atoms with Crippen molar-refractivity contribution in [2.75, 3.05) is 5.32 Å². The maximum Gasteiger partial charge on any atom is 0.266 e. The first-order chi connectivity index (χ1) is 8.58. The van der Waals surface area contributed by atoms with Crippen LogP contribution in [0.1, 0.15) is 0 Å². The number of allylic oxidation sites excluding steroid dienone is 2. The van der Waals surface area contributed by atoms with Crippen LogP contribution in [0.5, 0.6) is 0 Å². The lowest BCUT2D eigenvalue weighted by Gasteiger charge is -2.10. The lowest BCUT2D eigenvalue weighted by Crippen LogP contribution is -2.15. The third-order valence-corrected chi connectivity index (χ3v) is 3.89. The fourth-order valence-corrected chi connectivity index (χ4v) is 2.62. The Bertz CT molecular complexity index is 554. The molecule has 7 heteroatoms. The molecule has 0 saturated carbocycles. The molecule has 5 nitrogen and oxygen atoms in total. The van der Waals surface area contributed by atoms with Crippen LogP contribution < -0.4 is 5.32 Å². The number of anilines is 1. The predicted octanol–water partition coefficient (Wildman–Crippen LogP) is 2.37. The highest BCUT2D eigenvalue weighted by Crippen LogP contribution is 2.41. The lowest BCUT2D eigenvalue weighted by molar-refractivity contribution is -0.287. The molecule has 1 aromatic rings. The molecule has 1 atom stereocenters. The molecule has 0 fully saturated rings. The van der Waals surface area contributed by atoms with E-state index in [0.29, 0.717) is 5.69 Å². The van der Waals surface area contributed by atoms with E-state index in [-0.39, 0.29) is 4.91 Å².